The lowest BCUT2D eigenvalue weighted by Gasteiger charge is -2.28. The Balaban J connectivity index is 2.23. The first-order valence-electron chi connectivity index (χ1n) is 3.68. The third kappa shape index (κ3) is 2.23. The lowest BCUT2D eigenvalue weighted by atomic mass is 10.1. The van der Waals surface area contributed by atoms with E-state index in [1.807, 2.05) is 0 Å². The maximum atomic E-state index is 2.45. The van der Waals surface area contributed by atoms with E-state index < -0.39 is 0 Å². The van der Waals surface area contributed by atoms with Crippen molar-refractivity contribution in [3.63, 3.8) is 0 Å². The summed E-state index contributed by atoms with van der Waals surface area (Å²) in [7, 11) is 3.38. The van der Waals surface area contributed by atoms with Gasteiger partial charge in [0.2, 0.25) is 0 Å². The fourth-order valence-electron chi connectivity index (χ4n) is 1.40. The second kappa shape index (κ2) is 3.53. The molecule has 2 atom stereocenters. The fraction of sp³-hybridized carbons (Fsp3) is 1.00. The van der Waals surface area contributed by atoms with Gasteiger partial charge in [0.25, 0.3) is 0 Å². The van der Waals surface area contributed by atoms with E-state index >= 15 is 0 Å². The summed E-state index contributed by atoms with van der Waals surface area (Å²) < 4.78 is 0. The van der Waals surface area contributed by atoms with Crippen LogP contribution in [0.2, 0.25) is 0 Å². The van der Waals surface area contributed by atoms with E-state index in [-0.39, 0.29) is 0 Å². The van der Waals surface area contributed by atoms with Crippen LogP contribution in [-0.4, -0.2) is 37.4 Å². The van der Waals surface area contributed by atoms with Crippen LogP contribution in [0.25, 0.3) is 0 Å². The minimum Gasteiger partial charge on any atom is -0.306 e. The monoisotopic (exact) mass is 145 g/mol. The number of nitrogens with zero attached hydrogens (tertiary/aromatic N) is 1. The highest BCUT2D eigenvalue weighted by molar-refractivity contribution is 7.37. The van der Waals surface area contributed by atoms with E-state index in [0.29, 0.717) is 0 Å². The van der Waals surface area contributed by atoms with E-state index in [2.05, 4.69) is 18.6 Å². The normalized spacial score (nSPS) is 32.0. The molecule has 1 rings (SSSR count). The molecule has 0 bridgehead atoms. The lowest BCUT2D eigenvalue weighted by Crippen LogP contribution is -2.32. The Hall–Kier alpha value is 0.390. The van der Waals surface area contributed by atoms with Gasteiger partial charge in [-0.15, -0.1) is 8.58 Å². The predicted octanol–water partition coefficient (Wildman–Crippen LogP) is 1.39. The number of hydrogen-bond donors (Lipinski definition) is 0. The first kappa shape index (κ1) is 7.50. The summed E-state index contributed by atoms with van der Waals surface area (Å²) in [4.78, 5) is 2.45. The second-order valence-electron chi connectivity index (χ2n) is 2.89. The van der Waals surface area contributed by atoms with E-state index in [0.717, 1.165) is 14.2 Å². The van der Waals surface area contributed by atoms with Crippen LogP contribution in [0.3, 0.4) is 0 Å². The fourth-order valence-corrected chi connectivity index (χ4v) is 2.39. The van der Waals surface area contributed by atoms with Crippen molar-refractivity contribution in [2.75, 3.05) is 26.8 Å². The van der Waals surface area contributed by atoms with Crippen molar-refractivity contribution in [2.24, 2.45) is 0 Å². The smallest absolute Gasteiger partial charge is 0.00436 e. The SMILES string of the molecule is CPC1CCCN(C)C1. The standard InChI is InChI=1S/C7H16NP/c1-8-5-3-4-7(6-8)9-2/h7,9H,3-6H2,1-2H3. The van der Waals surface area contributed by atoms with Crippen molar-refractivity contribution in [1.29, 1.82) is 0 Å². The van der Waals surface area contributed by atoms with Gasteiger partial charge in [-0.05, 0) is 38.8 Å². The molecule has 2 unspecified atom stereocenters. The first-order chi connectivity index (χ1) is 4.33. The van der Waals surface area contributed by atoms with Crippen molar-refractivity contribution in [1.82, 2.24) is 4.90 Å². The summed E-state index contributed by atoms with van der Waals surface area (Å²) in [5.74, 6) is 0. The zero-order chi connectivity index (χ0) is 6.69. The van der Waals surface area contributed by atoms with Gasteiger partial charge in [-0.1, -0.05) is 0 Å². The maximum absolute atomic E-state index is 2.45. The molecule has 0 saturated carbocycles. The van der Waals surface area contributed by atoms with Crippen LogP contribution in [0, 0.1) is 0 Å². The zero-order valence-corrected chi connectivity index (χ0v) is 7.35. The lowest BCUT2D eigenvalue weighted by molar-refractivity contribution is 0.282. The third-order valence-corrected chi connectivity index (χ3v) is 3.32. The Morgan fingerprint density at radius 2 is 2.33 bits per heavy atom. The molecular weight excluding hydrogens is 129 g/mol. The van der Waals surface area contributed by atoms with Crippen LogP contribution in [0.4, 0.5) is 0 Å². The molecule has 2 heteroatoms. The van der Waals surface area contributed by atoms with Crippen LogP contribution >= 0.6 is 8.58 Å². The molecule has 0 radical (unpaired) electrons. The number of piperidine rings is 1. The van der Waals surface area contributed by atoms with Gasteiger partial charge in [0.05, 0.1) is 0 Å². The highest BCUT2D eigenvalue weighted by Crippen LogP contribution is 2.23. The molecule has 1 fully saturated rings. The average Bonchev–Trinajstić information content (AvgIpc) is 1.88. The second-order valence-corrected chi connectivity index (χ2v) is 4.28. The zero-order valence-electron chi connectivity index (χ0n) is 6.35. The van der Waals surface area contributed by atoms with Crippen LogP contribution in [0.15, 0.2) is 0 Å². The summed E-state index contributed by atoms with van der Waals surface area (Å²) in [6.45, 7) is 4.99. The van der Waals surface area contributed by atoms with Crippen LogP contribution < -0.4 is 0 Å². The molecule has 1 heterocycles. The topological polar surface area (TPSA) is 3.24 Å². The van der Waals surface area contributed by atoms with E-state index in [1.165, 1.54) is 25.9 Å². The molecule has 1 aliphatic rings. The number of hydrogen-bond acceptors (Lipinski definition) is 1. The Kier molecular flexibility index (Phi) is 2.94. The summed E-state index contributed by atoms with van der Waals surface area (Å²) in [5, 5.41) is 0. The molecule has 1 aliphatic heterocycles. The summed E-state index contributed by atoms with van der Waals surface area (Å²) in [5.41, 5.74) is 1.02. The van der Waals surface area contributed by atoms with Gasteiger partial charge in [-0.2, -0.15) is 0 Å². The molecular formula is C7H16NP. The molecule has 9 heavy (non-hydrogen) atoms. The van der Waals surface area contributed by atoms with Gasteiger partial charge >= 0.3 is 0 Å². The molecule has 54 valence electrons. The molecule has 0 aromatic rings. The average molecular weight is 145 g/mol. The molecule has 1 saturated heterocycles. The largest absolute Gasteiger partial charge is 0.306 e. The quantitative estimate of drug-likeness (QED) is 0.504. The number of likely N-dealkylation sites (tertiary alicyclic amines) is 1. The summed E-state index contributed by atoms with van der Waals surface area (Å²) in [6, 6.07) is 0. The molecule has 0 spiro atoms. The molecule has 0 aromatic heterocycles. The Bertz CT molecular complexity index is 85.0. The Morgan fingerprint density at radius 3 is 2.78 bits per heavy atom. The van der Waals surface area contributed by atoms with Crippen LogP contribution in [-0.2, 0) is 0 Å². The van der Waals surface area contributed by atoms with Gasteiger partial charge in [0.1, 0.15) is 0 Å². The summed E-state index contributed by atoms with van der Waals surface area (Å²) in [6.07, 6.45) is 2.89. The minimum absolute atomic E-state index is 1.02. The summed E-state index contributed by atoms with van der Waals surface area (Å²) >= 11 is 0. The molecule has 1 nitrogen and oxygen atoms in total. The van der Waals surface area contributed by atoms with Gasteiger partial charge < -0.3 is 4.90 Å². The highest BCUT2D eigenvalue weighted by atomic mass is 31.1. The van der Waals surface area contributed by atoms with Gasteiger partial charge in [0, 0.05) is 6.54 Å². The molecule has 0 N–H and O–H groups in total. The highest BCUT2D eigenvalue weighted by Gasteiger charge is 2.14. The van der Waals surface area contributed by atoms with Gasteiger partial charge in [-0.3, -0.25) is 0 Å². The predicted molar refractivity (Wildman–Crippen MR) is 44.8 cm³/mol. The van der Waals surface area contributed by atoms with Crippen molar-refractivity contribution < 1.29 is 0 Å². The molecule has 0 aliphatic carbocycles. The van der Waals surface area contributed by atoms with Gasteiger partial charge in [0.15, 0.2) is 0 Å². The van der Waals surface area contributed by atoms with Crippen molar-refractivity contribution in [3.05, 3.63) is 0 Å². The maximum Gasteiger partial charge on any atom is 0.00436 e. The van der Waals surface area contributed by atoms with Crippen LogP contribution in [0.5, 0.6) is 0 Å². The minimum atomic E-state index is 1.02. The molecule has 0 amide bonds. The van der Waals surface area contributed by atoms with Crippen molar-refractivity contribution in [2.45, 2.75) is 18.5 Å². The Morgan fingerprint density at radius 1 is 1.56 bits per heavy atom. The van der Waals surface area contributed by atoms with E-state index in [1.54, 1.807) is 0 Å². The van der Waals surface area contributed by atoms with E-state index in [9.17, 15) is 0 Å². The van der Waals surface area contributed by atoms with Gasteiger partial charge in [-0.25, -0.2) is 0 Å². The molecule has 0 aromatic carbocycles. The van der Waals surface area contributed by atoms with Crippen molar-refractivity contribution >= 4 is 8.58 Å². The van der Waals surface area contributed by atoms with Crippen LogP contribution in [0.1, 0.15) is 12.8 Å². The Labute approximate surface area is 59.6 Å². The first-order valence-corrected chi connectivity index (χ1v) is 5.26. The number of rotatable bonds is 1. The third-order valence-electron chi connectivity index (χ3n) is 2.03. The van der Waals surface area contributed by atoms with E-state index in [4.69, 9.17) is 0 Å². The van der Waals surface area contributed by atoms with Crippen molar-refractivity contribution in [3.8, 4) is 0 Å².